The van der Waals surface area contributed by atoms with Crippen molar-refractivity contribution < 1.29 is 14.6 Å². The van der Waals surface area contributed by atoms with Crippen molar-refractivity contribution in [2.75, 3.05) is 20.2 Å². The minimum atomic E-state index is -0.724. The summed E-state index contributed by atoms with van der Waals surface area (Å²) in [4.78, 5) is 14.1. The fourth-order valence-corrected chi connectivity index (χ4v) is 2.48. The van der Waals surface area contributed by atoms with Crippen LogP contribution in [0.4, 0.5) is 0 Å². The number of carbonyl (C=O) groups excluding carboxylic acids is 1. The van der Waals surface area contributed by atoms with Crippen molar-refractivity contribution in [2.45, 2.75) is 20.0 Å². The summed E-state index contributed by atoms with van der Waals surface area (Å²) in [5.41, 5.74) is 2.18. The zero-order valence-electron chi connectivity index (χ0n) is 13.8. The Morgan fingerprint density at radius 2 is 1.48 bits per heavy atom. The number of amides is 1. The number of benzene rings is 2. The van der Waals surface area contributed by atoms with E-state index in [0.717, 1.165) is 16.9 Å². The van der Waals surface area contributed by atoms with Crippen molar-refractivity contribution in [3.8, 4) is 5.75 Å². The number of methoxy groups -OCH3 is 1. The van der Waals surface area contributed by atoms with E-state index in [0.29, 0.717) is 18.7 Å². The van der Waals surface area contributed by atoms with Crippen LogP contribution in [0.1, 0.15) is 41.4 Å². The largest absolute Gasteiger partial charge is 0.497 e. The van der Waals surface area contributed by atoms with Crippen molar-refractivity contribution in [1.29, 1.82) is 0 Å². The van der Waals surface area contributed by atoms with Crippen LogP contribution in [0.5, 0.6) is 5.75 Å². The van der Waals surface area contributed by atoms with Crippen LogP contribution in [0, 0.1) is 0 Å². The molecule has 1 N–H and O–H groups in total. The molecule has 0 bridgehead atoms. The minimum absolute atomic E-state index is 0.0143. The molecule has 23 heavy (non-hydrogen) atoms. The zero-order valence-corrected chi connectivity index (χ0v) is 13.8. The topological polar surface area (TPSA) is 49.8 Å². The Balaban J connectivity index is 2.16. The van der Waals surface area contributed by atoms with Crippen LogP contribution in [0.3, 0.4) is 0 Å². The van der Waals surface area contributed by atoms with Crippen LogP contribution in [0.2, 0.25) is 0 Å². The maximum absolute atomic E-state index is 12.3. The lowest BCUT2D eigenvalue weighted by Crippen LogP contribution is -2.30. The van der Waals surface area contributed by atoms with E-state index in [-0.39, 0.29) is 5.91 Å². The molecular weight excluding hydrogens is 290 g/mol. The highest BCUT2D eigenvalue weighted by Gasteiger charge is 2.14. The highest BCUT2D eigenvalue weighted by molar-refractivity contribution is 5.94. The van der Waals surface area contributed by atoms with Crippen LogP contribution in [0.15, 0.2) is 48.5 Å². The normalized spacial score (nSPS) is 11.8. The Bertz CT molecular complexity index is 631. The quantitative estimate of drug-likeness (QED) is 0.890. The highest BCUT2D eigenvalue weighted by atomic mass is 16.5. The van der Waals surface area contributed by atoms with Gasteiger partial charge >= 0.3 is 0 Å². The second-order valence-electron chi connectivity index (χ2n) is 5.28. The molecule has 0 saturated heterocycles. The van der Waals surface area contributed by atoms with Gasteiger partial charge in [0.1, 0.15) is 11.9 Å². The summed E-state index contributed by atoms with van der Waals surface area (Å²) in [6.45, 7) is 5.30. The average molecular weight is 313 g/mol. The molecule has 2 rings (SSSR count). The standard InChI is InChI=1S/C19H23NO3/c1-4-20(5-2)19(22)16-8-6-14(7-9-16)18(21)15-10-12-17(23-3)13-11-15/h6-13,18,21H,4-5H2,1-3H3. The molecule has 0 fully saturated rings. The summed E-state index contributed by atoms with van der Waals surface area (Å²) in [6, 6.07) is 14.4. The van der Waals surface area contributed by atoms with Crippen molar-refractivity contribution in [3.63, 3.8) is 0 Å². The van der Waals surface area contributed by atoms with Crippen molar-refractivity contribution in [2.24, 2.45) is 0 Å². The van der Waals surface area contributed by atoms with Gasteiger partial charge in [0.2, 0.25) is 0 Å². The number of ether oxygens (including phenoxy) is 1. The Kier molecular flexibility index (Phi) is 5.77. The van der Waals surface area contributed by atoms with Gasteiger partial charge in [0.25, 0.3) is 5.91 Å². The molecule has 0 aromatic heterocycles. The SMILES string of the molecule is CCN(CC)C(=O)c1ccc(C(O)c2ccc(OC)cc2)cc1. The molecule has 2 aromatic rings. The van der Waals surface area contributed by atoms with Gasteiger partial charge in [-0.25, -0.2) is 0 Å². The maximum Gasteiger partial charge on any atom is 0.253 e. The number of aliphatic hydroxyl groups is 1. The lowest BCUT2D eigenvalue weighted by Gasteiger charge is -2.19. The molecule has 122 valence electrons. The van der Waals surface area contributed by atoms with Gasteiger partial charge < -0.3 is 14.7 Å². The van der Waals surface area contributed by atoms with Crippen LogP contribution < -0.4 is 4.74 Å². The monoisotopic (exact) mass is 313 g/mol. The summed E-state index contributed by atoms with van der Waals surface area (Å²) >= 11 is 0. The summed E-state index contributed by atoms with van der Waals surface area (Å²) in [5.74, 6) is 0.765. The Labute approximate surface area is 137 Å². The number of carbonyl (C=O) groups is 1. The Hall–Kier alpha value is -2.33. The maximum atomic E-state index is 12.3. The van der Waals surface area contributed by atoms with E-state index in [2.05, 4.69) is 0 Å². The molecule has 0 aliphatic carbocycles. The number of rotatable bonds is 6. The summed E-state index contributed by atoms with van der Waals surface area (Å²) in [7, 11) is 1.61. The Morgan fingerprint density at radius 3 is 1.91 bits per heavy atom. The van der Waals surface area contributed by atoms with Crippen LogP contribution in [-0.2, 0) is 0 Å². The first-order valence-corrected chi connectivity index (χ1v) is 7.82. The molecular formula is C19H23NO3. The second kappa shape index (κ2) is 7.79. The van der Waals surface area contributed by atoms with Crippen molar-refractivity contribution >= 4 is 5.91 Å². The van der Waals surface area contributed by atoms with Crippen LogP contribution in [-0.4, -0.2) is 36.1 Å². The first kappa shape index (κ1) is 17.0. The third-order valence-corrected chi connectivity index (χ3v) is 3.96. The van der Waals surface area contributed by atoms with Gasteiger partial charge in [0.05, 0.1) is 7.11 Å². The first-order chi connectivity index (χ1) is 11.1. The van der Waals surface area contributed by atoms with Gasteiger partial charge in [-0.15, -0.1) is 0 Å². The molecule has 2 aromatic carbocycles. The fourth-order valence-electron chi connectivity index (χ4n) is 2.48. The van der Waals surface area contributed by atoms with Crippen molar-refractivity contribution in [3.05, 3.63) is 65.2 Å². The van der Waals surface area contributed by atoms with E-state index >= 15 is 0 Å². The van der Waals surface area contributed by atoms with E-state index in [1.165, 1.54) is 0 Å². The predicted molar refractivity (Wildman–Crippen MR) is 90.7 cm³/mol. The van der Waals surface area contributed by atoms with Crippen molar-refractivity contribution in [1.82, 2.24) is 4.90 Å². The molecule has 0 aliphatic rings. The van der Waals surface area contributed by atoms with Gasteiger partial charge in [-0.3, -0.25) is 4.79 Å². The highest BCUT2D eigenvalue weighted by Crippen LogP contribution is 2.24. The number of hydrogen-bond acceptors (Lipinski definition) is 3. The third-order valence-electron chi connectivity index (χ3n) is 3.96. The van der Waals surface area contributed by atoms with Gasteiger partial charge in [-0.05, 0) is 49.2 Å². The summed E-state index contributed by atoms with van der Waals surface area (Å²) in [5, 5.41) is 10.5. The Morgan fingerprint density at radius 1 is 1.00 bits per heavy atom. The molecule has 4 heteroatoms. The van der Waals surface area contributed by atoms with E-state index in [9.17, 15) is 9.90 Å². The number of nitrogens with zero attached hydrogens (tertiary/aromatic N) is 1. The molecule has 0 spiro atoms. The van der Waals surface area contributed by atoms with Gasteiger partial charge in [-0.1, -0.05) is 24.3 Å². The van der Waals surface area contributed by atoms with E-state index in [1.54, 1.807) is 36.3 Å². The summed E-state index contributed by atoms with van der Waals surface area (Å²) < 4.78 is 5.12. The van der Waals surface area contributed by atoms with E-state index in [4.69, 9.17) is 4.74 Å². The molecule has 4 nitrogen and oxygen atoms in total. The molecule has 0 radical (unpaired) electrons. The summed E-state index contributed by atoms with van der Waals surface area (Å²) in [6.07, 6.45) is -0.724. The number of aliphatic hydroxyl groups excluding tert-OH is 1. The second-order valence-corrected chi connectivity index (χ2v) is 5.28. The zero-order chi connectivity index (χ0) is 16.8. The lowest BCUT2D eigenvalue weighted by atomic mass is 10.00. The van der Waals surface area contributed by atoms with Gasteiger partial charge in [-0.2, -0.15) is 0 Å². The molecule has 1 unspecified atom stereocenters. The average Bonchev–Trinajstić information content (AvgIpc) is 2.62. The van der Waals surface area contributed by atoms with Crippen LogP contribution >= 0.6 is 0 Å². The number of hydrogen-bond donors (Lipinski definition) is 1. The molecule has 1 amide bonds. The van der Waals surface area contributed by atoms with Gasteiger partial charge in [0, 0.05) is 18.7 Å². The molecule has 0 heterocycles. The van der Waals surface area contributed by atoms with Gasteiger partial charge in [0.15, 0.2) is 0 Å². The lowest BCUT2D eigenvalue weighted by molar-refractivity contribution is 0.0773. The van der Waals surface area contributed by atoms with Crippen LogP contribution in [0.25, 0.3) is 0 Å². The molecule has 1 atom stereocenters. The molecule has 0 aliphatic heterocycles. The fraction of sp³-hybridized carbons (Fsp3) is 0.316. The minimum Gasteiger partial charge on any atom is -0.497 e. The predicted octanol–water partition coefficient (Wildman–Crippen LogP) is 3.26. The van der Waals surface area contributed by atoms with E-state index < -0.39 is 6.10 Å². The third kappa shape index (κ3) is 3.90. The smallest absolute Gasteiger partial charge is 0.253 e. The van der Waals surface area contributed by atoms with E-state index in [1.807, 2.05) is 38.1 Å². The first-order valence-electron chi connectivity index (χ1n) is 7.82. The molecule has 0 saturated carbocycles.